The van der Waals surface area contributed by atoms with Crippen molar-refractivity contribution in [2.45, 2.75) is 65.7 Å². The van der Waals surface area contributed by atoms with Gasteiger partial charge < -0.3 is 9.13 Å². The van der Waals surface area contributed by atoms with Crippen molar-refractivity contribution in [3.8, 4) is 0 Å². The van der Waals surface area contributed by atoms with Crippen molar-refractivity contribution in [2.24, 2.45) is 0 Å². The molecule has 2 aliphatic rings. The lowest BCUT2D eigenvalue weighted by Crippen LogP contribution is -2.33. The minimum atomic E-state index is 1.01. The lowest BCUT2D eigenvalue weighted by molar-refractivity contribution is -0.690. The number of para-hydroxylation sites is 2. The highest BCUT2D eigenvalue weighted by Gasteiger charge is 2.26. The van der Waals surface area contributed by atoms with E-state index in [1.54, 1.807) is 0 Å². The summed E-state index contributed by atoms with van der Waals surface area (Å²) < 4.78 is 9.58. The van der Waals surface area contributed by atoms with E-state index in [1.165, 1.54) is 55.5 Å². The Morgan fingerprint density at radius 1 is 0.659 bits per heavy atom. The number of benzene rings is 2. The standard InChI is InChI=1S/C38H38N6/c1-27-23-43-17-13-29(37(43)21-39-27)19-31-25-41(35-11-5-3-9-33(31)35)15-7-8-16-42-26-32(34-10-4-6-12-36(34)42)20-30-14-18-44-24-28(2)40-22-38(30)44/h3-6,9-12,19-26H,7-8,13-18H2,1-2H3/q+2. The fraction of sp³-hybridized carbons (Fsp3) is 0.263. The van der Waals surface area contributed by atoms with Crippen LogP contribution in [-0.2, 0) is 26.2 Å². The van der Waals surface area contributed by atoms with Crippen molar-refractivity contribution in [2.75, 3.05) is 0 Å². The Labute approximate surface area is 258 Å². The average Bonchev–Trinajstić information content (AvgIpc) is 3.80. The van der Waals surface area contributed by atoms with Gasteiger partial charge >= 0.3 is 0 Å². The first-order valence-electron chi connectivity index (χ1n) is 15.9. The topological polar surface area (TPSA) is 43.4 Å². The third-order valence-corrected chi connectivity index (χ3v) is 9.33. The fourth-order valence-electron chi connectivity index (χ4n) is 7.16. The summed E-state index contributed by atoms with van der Waals surface area (Å²) in [6.07, 6.45) is 22.2. The molecule has 0 fully saturated rings. The predicted octanol–water partition coefficient (Wildman–Crippen LogP) is 6.95. The monoisotopic (exact) mass is 578 g/mol. The third-order valence-electron chi connectivity index (χ3n) is 9.33. The van der Waals surface area contributed by atoms with Crippen LogP contribution in [0.15, 0.2) is 85.7 Å². The molecule has 6 heteroatoms. The maximum absolute atomic E-state index is 4.57. The molecule has 2 aromatic carbocycles. The Hall–Kier alpha value is -4.84. The fourth-order valence-corrected chi connectivity index (χ4v) is 7.16. The van der Waals surface area contributed by atoms with Gasteiger partial charge in [0, 0.05) is 82.4 Å². The minimum Gasteiger partial charge on any atom is -0.347 e. The number of aromatic nitrogens is 6. The lowest BCUT2D eigenvalue weighted by atomic mass is 10.1. The molecule has 0 unspecified atom stereocenters. The summed E-state index contributed by atoms with van der Waals surface area (Å²) in [6, 6.07) is 17.7. The number of hydrogen-bond donors (Lipinski definition) is 0. The van der Waals surface area contributed by atoms with Crippen molar-refractivity contribution in [3.63, 3.8) is 0 Å². The van der Waals surface area contributed by atoms with E-state index in [0.717, 1.165) is 63.3 Å². The molecule has 2 aliphatic heterocycles. The highest BCUT2D eigenvalue weighted by Crippen LogP contribution is 2.31. The second-order valence-electron chi connectivity index (χ2n) is 12.4. The molecule has 44 heavy (non-hydrogen) atoms. The first-order valence-corrected chi connectivity index (χ1v) is 15.9. The van der Waals surface area contributed by atoms with Crippen LogP contribution in [0, 0.1) is 13.8 Å². The number of hydrogen-bond acceptors (Lipinski definition) is 2. The largest absolute Gasteiger partial charge is 0.347 e. The molecule has 4 aromatic heterocycles. The molecule has 0 N–H and O–H groups in total. The summed E-state index contributed by atoms with van der Waals surface area (Å²) in [5.74, 6) is 0. The predicted molar refractivity (Wildman–Crippen MR) is 176 cm³/mol. The van der Waals surface area contributed by atoms with E-state index in [1.807, 2.05) is 12.4 Å². The second kappa shape index (κ2) is 11.0. The van der Waals surface area contributed by atoms with Crippen LogP contribution in [0.5, 0.6) is 0 Å². The van der Waals surface area contributed by atoms with E-state index in [-0.39, 0.29) is 0 Å². The molecule has 0 radical (unpaired) electrons. The molecular weight excluding hydrogens is 540 g/mol. The smallest absolute Gasteiger partial charge is 0.227 e. The Bertz CT molecular complexity index is 1960. The van der Waals surface area contributed by atoms with Crippen molar-refractivity contribution in [3.05, 3.63) is 120 Å². The Morgan fingerprint density at radius 2 is 1.11 bits per heavy atom. The summed E-state index contributed by atoms with van der Waals surface area (Å²) in [5, 5.41) is 2.65. The third kappa shape index (κ3) is 4.84. The first-order chi connectivity index (χ1) is 21.6. The number of fused-ring (bicyclic) bond motifs is 4. The van der Waals surface area contributed by atoms with E-state index in [0.29, 0.717) is 0 Å². The van der Waals surface area contributed by atoms with Crippen LogP contribution >= 0.6 is 0 Å². The zero-order chi connectivity index (χ0) is 29.6. The van der Waals surface area contributed by atoms with Gasteiger partial charge in [-0.2, -0.15) is 9.13 Å². The summed E-state index contributed by atoms with van der Waals surface area (Å²) in [5.41, 5.74) is 12.6. The van der Waals surface area contributed by atoms with Gasteiger partial charge in [0.05, 0.1) is 12.4 Å². The number of allylic oxidation sites excluding steroid dienone is 2. The Balaban J connectivity index is 1.01. The van der Waals surface area contributed by atoms with Gasteiger partial charge in [-0.05, 0) is 51.0 Å². The number of aryl methyl sites for hydroxylation is 6. The molecular formula is C38H38N6+2. The van der Waals surface area contributed by atoms with Crippen LogP contribution in [0.2, 0.25) is 0 Å². The van der Waals surface area contributed by atoms with Crippen LogP contribution < -0.4 is 9.13 Å². The number of unbranched alkanes of at least 4 members (excludes halogenated alkanes) is 1. The highest BCUT2D eigenvalue weighted by molar-refractivity contribution is 5.95. The van der Waals surface area contributed by atoms with Crippen LogP contribution in [-0.4, -0.2) is 19.1 Å². The van der Waals surface area contributed by atoms with Crippen molar-refractivity contribution >= 4 is 45.1 Å². The van der Waals surface area contributed by atoms with Crippen LogP contribution in [0.1, 0.15) is 59.6 Å². The summed E-state index contributed by atoms with van der Waals surface area (Å²) in [4.78, 5) is 9.13. The van der Waals surface area contributed by atoms with E-state index in [2.05, 4.69) is 128 Å². The van der Waals surface area contributed by atoms with E-state index >= 15 is 0 Å². The molecule has 6 aromatic rings. The van der Waals surface area contributed by atoms with Gasteiger partial charge in [-0.1, -0.05) is 36.4 Å². The zero-order valence-electron chi connectivity index (χ0n) is 25.6. The quantitative estimate of drug-likeness (QED) is 0.152. The van der Waals surface area contributed by atoms with Crippen molar-refractivity contribution < 1.29 is 9.13 Å². The normalized spacial score (nSPS) is 16.0. The van der Waals surface area contributed by atoms with Gasteiger partial charge in [-0.15, -0.1) is 0 Å². The SMILES string of the molecule is Cc1c[n+]2c(cn1)/C(=C/c1cn(CCCCn3cc(/C=C4\CC[n+]5cc(C)ncc54)c4ccccc43)c3ccccc13)CC2. The van der Waals surface area contributed by atoms with E-state index in [9.17, 15) is 0 Å². The van der Waals surface area contributed by atoms with Gasteiger partial charge in [-0.3, -0.25) is 0 Å². The molecule has 218 valence electrons. The molecule has 0 spiro atoms. The molecule has 0 atom stereocenters. The van der Waals surface area contributed by atoms with Crippen molar-refractivity contribution in [1.82, 2.24) is 19.1 Å². The van der Waals surface area contributed by atoms with Crippen molar-refractivity contribution in [1.29, 1.82) is 0 Å². The molecule has 0 saturated heterocycles. The zero-order valence-corrected chi connectivity index (χ0v) is 25.6. The molecule has 6 nitrogen and oxygen atoms in total. The summed E-state index contributed by atoms with van der Waals surface area (Å²) >= 11 is 0. The van der Waals surface area contributed by atoms with Gasteiger partial charge in [0.2, 0.25) is 11.4 Å². The van der Waals surface area contributed by atoms with Gasteiger partial charge in [0.1, 0.15) is 11.4 Å². The van der Waals surface area contributed by atoms with E-state index in [4.69, 9.17) is 0 Å². The molecule has 0 aliphatic carbocycles. The van der Waals surface area contributed by atoms with E-state index < -0.39 is 0 Å². The van der Waals surface area contributed by atoms with Crippen LogP contribution in [0.25, 0.3) is 45.1 Å². The van der Waals surface area contributed by atoms with Crippen LogP contribution in [0.3, 0.4) is 0 Å². The summed E-state index contributed by atoms with van der Waals surface area (Å²) in [7, 11) is 0. The van der Waals surface area contributed by atoms with Gasteiger partial charge in [-0.25, -0.2) is 9.97 Å². The Kier molecular flexibility index (Phi) is 6.70. The van der Waals surface area contributed by atoms with Gasteiger partial charge in [0.15, 0.2) is 25.5 Å². The van der Waals surface area contributed by atoms with Crippen LogP contribution in [0.4, 0.5) is 0 Å². The highest BCUT2D eigenvalue weighted by atomic mass is 15.0. The maximum atomic E-state index is 4.57. The molecule has 0 amide bonds. The van der Waals surface area contributed by atoms with Gasteiger partial charge in [0.25, 0.3) is 0 Å². The number of nitrogens with zero attached hydrogens (tertiary/aromatic N) is 6. The average molecular weight is 579 g/mol. The summed E-state index contributed by atoms with van der Waals surface area (Å²) in [6.45, 7) is 8.19. The molecule has 8 rings (SSSR count). The Morgan fingerprint density at radius 3 is 1.59 bits per heavy atom. The number of rotatable bonds is 7. The molecule has 0 bridgehead atoms. The minimum absolute atomic E-state index is 1.01. The molecule has 0 saturated carbocycles. The first kappa shape index (κ1) is 26.8. The lowest BCUT2D eigenvalue weighted by Gasteiger charge is -2.07. The second-order valence-corrected chi connectivity index (χ2v) is 12.4. The molecule has 6 heterocycles. The maximum Gasteiger partial charge on any atom is 0.227 e.